The fourth-order valence-corrected chi connectivity index (χ4v) is 1.72. The number of benzene rings is 1. The first kappa shape index (κ1) is 9.02. The summed E-state index contributed by atoms with van der Waals surface area (Å²) in [5.41, 5.74) is 2.06. The first-order valence-electron chi connectivity index (χ1n) is 3.63. The van der Waals surface area contributed by atoms with Crippen LogP contribution in [-0.4, -0.2) is 5.16 Å². The van der Waals surface area contributed by atoms with Gasteiger partial charge >= 0.3 is 0 Å². The van der Waals surface area contributed by atoms with Crippen molar-refractivity contribution in [2.24, 2.45) is 0 Å². The average Bonchev–Trinajstić information content (AvgIpc) is 2.53. The van der Waals surface area contributed by atoms with Gasteiger partial charge in [0.15, 0.2) is 3.70 Å². The zero-order valence-electron chi connectivity index (χ0n) is 6.50. The van der Waals surface area contributed by atoms with Crippen LogP contribution in [0.3, 0.4) is 0 Å². The number of hydrogen-bond acceptors (Lipinski definition) is 2. The summed E-state index contributed by atoms with van der Waals surface area (Å²) in [7, 11) is 0. The van der Waals surface area contributed by atoms with Gasteiger partial charge in [0.2, 0.25) is 0 Å². The van der Waals surface area contributed by atoms with Crippen molar-refractivity contribution < 1.29 is 4.52 Å². The van der Waals surface area contributed by atoms with E-state index in [1.54, 1.807) is 6.26 Å². The highest BCUT2D eigenvalue weighted by molar-refractivity contribution is 14.1. The Bertz CT molecular complexity index is 410. The lowest BCUT2D eigenvalue weighted by Crippen LogP contribution is -1.77. The van der Waals surface area contributed by atoms with E-state index in [1.165, 1.54) is 0 Å². The molecule has 0 fully saturated rings. The van der Waals surface area contributed by atoms with Gasteiger partial charge < -0.3 is 4.52 Å². The summed E-state index contributed by atoms with van der Waals surface area (Å²) in [4.78, 5) is 0. The molecule has 2 rings (SSSR count). The Balaban J connectivity index is 2.47. The van der Waals surface area contributed by atoms with Gasteiger partial charge in [-0.25, -0.2) is 0 Å². The third kappa shape index (κ3) is 1.86. The van der Waals surface area contributed by atoms with E-state index < -0.39 is 0 Å². The fraction of sp³-hybridized carbons (Fsp3) is 0. The van der Waals surface area contributed by atoms with Crippen molar-refractivity contribution in [3.05, 3.63) is 39.3 Å². The van der Waals surface area contributed by atoms with Crippen molar-refractivity contribution in [3.63, 3.8) is 0 Å². The molecule has 0 spiro atoms. The molecule has 0 N–H and O–H groups in total. The third-order valence-electron chi connectivity index (χ3n) is 1.68. The van der Waals surface area contributed by atoms with Crippen molar-refractivity contribution in [2.45, 2.75) is 0 Å². The Morgan fingerprint density at radius 2 is 1.92 bits per heavy atom. The summed E-state index contributed by atoms with van der Waals surface area (Å²) in [6, 6.07) is 7.58. The molecule has 1 aromatic carbocycles. The Hall–Kier alpha value is -0.550. The lowest BCUT2D eigenvalue weighted by Gasteiger charge is -1.96. The van der Waals surface area contributed by atoms with Crippen molar-refractivity contribution >= 4 is 34.2 Å². The zero-order chi connectivity index (χ0) is 9.26. The summed E-state index contributed by atoms with van der Waals surface area (Å²) < 4.78 is 5.70. The van der Waals surface area contributed by atoms with Gasteiger partial charge in [-0.05, 0) is 40.3 Å². The van der Waals surface area contributed by atoms with Crippen LogP contribution in [-0.2, 0) is 0 Å². The molecule has 0 bridgehead atoms. The molecular weight excluding hydrogens is 300 g/mol. The molecule has 0 saturated heterocycles. The van der Waals surface area contributed by atoms with Crippen LogP contribution < -0.4 is 0 Å². The molecule has 0 aliphatic heterocycles. The molecule has 1 heterocycles. The van der Waals surface area contributed by atoms with Crippen LogP contribution in [0.25, 0.3) is 11.1 Å². The van der Waals surface area contributed by atoms with Gasteiger partial charge in [0.05, 0.1) is 5.56 Å². The second-order valence-corrected chi connectivity index (χ2v) is 3.98. The predicted molar refractivity (Wildman–Crippen MR) is 59.7 cm³/mol. The molecule has 0 unspecified atom stereocenters. The van der Waals surface area contributed by atoms with Gasteiger partial charge in [-0.1, -0.05) is 28.9 Å². The summed E-state index contributed by atoms with van der Waals surface area (Å²) in [6.07, 6.45) is 1.63. The summed E-state index contributed by atoms with van der Waals surface area (Å²) in [6.45, 7) is 0. The van der Waals surface area contributed by atoms with E-state index in [9.17, 15) is 0 Å². The van der Waals surface area contributed by atoms with E-state index in [0.29, 0.717) is 0 Å². The first-order valence-corrected chi connectivity index (χ1v) is 5.09. The first-order chi connectivity index (χ1) is 6.27. The maximum atomic E-state index is 5.77. The van der Waals surface area contributed by atoms with E-state index in [4.69, 9.17) is 16.1 Å². The molecule has 0 radical (unpaired) electrons. The Morgan fingerprint density at radius 1 is 1.23 bits per heavy atom. The minimum Gasteiger partial charge on any atom is -0.363 e. The van der Waals surface area contributed by atoms with Gasteiger partial charge in [0.1, 0.15) is 6.26 Å². The van der Waals surface area contributed by atoms with Crippen LogP contribution in [0, 0.1) is 3.70 Å². The van der Waals surface area contributed by atoms with Crippen LogP contribution in [0.1, 0.15) is 0 Å². The van der Waals surface area contributed by atoms with Crippen molar-refractivity contribution in [1.29, 1.82) is 0 Å². The van der Waals surface area contributed by atoms with Gasteiger partial charge in [0, 0.05) is 5.02 Å². The fourth-order valence-electron chi connectivity index (χ4n) is 1.04. The van der Waals surface area contributed by atoms with Crippen LogP contribution in [0.5, 0.6) is 0 Å². The van der Waals surface area contributed by atoms with Gasteiger partial charge in [-0.3, -0.25) is 0 Å². The smallest absolute Gasteiger partial charge is 0.152 e. The van der Waals surface area contributed by atoms with Crippen LogP contribution in [0.2, 0.25) is 5.02 Å². The second-order valence-electron chi connectivity index (χ2n) is 2.53. The van der Waals surface area contributed by atoms with E-state index in [2.05, 4.69) is 27.7 Å². The number of rotatable bonds is 1. The monoisotopic (exact) mass is 305 g/mol. The SMILES string of the molecule is Clc1ccc(-c2conc2I)cc1. The molecule has 4 heteroatoms. The highest BCUT2D eigenvalue weighted by atomic mass is 127. The zero-order valence-corrected chi connectivity index (χ0v) is 9.41. The molecule has 0 aliphatic rings. The highest BCUT2D eigenvalue weighted by Gasteiger charge is 2.05. The average molecular weight is 306 g/mol. The minimum atomic E-state index is 0.732. The molecule has 0 aliphatic carbocycles. The highest BCUT2D eigenvalue weighted by Crippen LogP contribution is 2.25. The molecule has 1 aromatic heterocycles. The molecule has 0 atom stereocenters. The summed E-state index contributed by atoms with van der Waals surface area (Å²) >= 11 is 7.90. The predicted octanol–water partition coefficient (Wildman–Crippen LogP) is 3.60. The Labute approximate surface area is 94.0 Å². The topological polar surface area (TPSA) is 26.0 Å². The van der Waals surface area contributed by atoms with E-state index in [1.807, 2.05) is 24.3 Å². The van der Waals surface area contributed by atoms with Gasteiger partial charge in [0.25, 0.3) is 0 Å². The van der Waals surface area contributed by atoms with E-state index in [-0.39, 0.29) is 0 Å². The standard InChI is InChI=1S/C9H5ClINO/c10-7-3-1-6(2-4-7)8-5-13-12-9(8)11/h1-5H. The lowest BCUT2D eigenvalue weighted by molar-refractivity contribution is 0.415. The number of nitrogens with zero attached hydrogens (tertiary/aromatic N) is 1. The van der Waals surface area contributed by atoms with Gasteiger partial charge in [-0.15, -0.1) is 0 Å². The summed E-state index contributed by atoms with van der Waals surface area (Å²) in [5.74, 6) is 0. The molecule has 0 saturated carbocycles. The minimum absolute atomic E-state index is 0.732. The van der Waals surface area contributed by atoms with Crippen molar-refractivity contribution in [3.8, 4) is 11.1 Å². The third-order valence-corrected chi connectivity index (χ3v) is 2.71. The van der Waals surface area contributed by atoms with Gasteiger partial charge in [-0.2, -0.15) is 0 Å². The molecule has 2 nitrogen and oxygen atoms in total. The Morgan fingerprint density at radius 3 is 2.46 bits per heavy atom. The van der Waals surface area contributed by atoms with Crippen LogP contribution in [0.15, 0.2) is 35.1 Å². The number of halogens is 2. The molecule has 66 valence electrons. The van der Waals surface area contributed by atoms with Crippen LogP contribution >= 0.6 is 34.2 Å². The molecular formula is C9H5ClINO. The maximum absolute atomic E-state index is 5.77. The number of aromatic nitrogens is 1. The quantitative estimate of drug-likeness (QED) is 0.752. The van der Waals surface area contributed by atoms with Crippen molar-refractivity contribution in [1.82, 2.24) is 5.16 Å². The van der Waals surface area contributed by atoms with E-state index in [0.717, 1.165) is 19.9 Å². The lowest BCUT2D eigenvalue weighted by atomic mass is 10.1. The van der Waals surface area contributed by atoms with E-state index >= 15 is 0 Å². The largest absolute Gasteiger partial charge is 0.363 e. The maximum Gasteiger partial charge on any atom is 0.152 e. The molecule has 2 aromatic rings. The summed E-state index contributed by atoms with van der Waals surface area (Å²) in [5, 5.41) is 4.53. The normalized spacial score (nSPS) is 10.3. The van der Waals surface area contributed by atoms with Crippen LogP contribution in [0.4, 0.5) is 0 Å². The molecule has 13 heavy (non-hydrogen) atoms. The second kappa shape index (κ2) is 3.67. The van der Waals surface area contributed by atoms with Crippen molar-refractivity contribution in [2.75, 3.05) is 0 Å². The number of hydrogen-bond donors (Lipinski definition) is 0. The molecule has 0 amide bonds. The Kier molecular flexibility index (Phi) is 2.55.